The summed E-state index contributed by atoms with van der Waals surface area (Å²) in [4.78, 5) is 8.52. The first kappa shape index (κ1) is 11.2. The Bertz CT molecular complexity index is 644. The van der Waals surface area contributed by atoms with E-state index < -0.39 is 0 Å². The van der Waals surface area contributed by atoms with Gasteiger partial charge in [0.1, 0.15) is 5.01 Å². The average molecular weight is 255 g/mol. The molecule has 2 aromatic heterocycles. The number of hydrogen-bond acceptors (Lipinski definition) is 4. The second kappa shape index (κ2) is 4.74. The van der Waals surface area contributed by atoms with Crippen LogP contribution in [0.5, 0.6) is 0 Å². The highest BCUT2D eigenvalue weighted by atomic mass is 32.1. The van der Waals surface area contributed by atoms with Gasteiger partial charge >= 0.3 is 0 Å². The zero-order chi connectivity index (χ0) is 12.4. The first-order chi connectivity index (χ1) is 8.84. The SMILES string of the molecule is CC(Nc1cccc2ccncc12)c1nccs1. The highest BCUT2D eigenvalue weighted by molar-refractivity contribution is 7.09. The van der Waals surface area contributed by atoms with Gasteiger partial charge in [-0.1, -0.05) is 12.1 Å². The lowest BCUT2D eigenvalue weighted by atomic mass is 10.1. The van der Waals surface area contributed by atoms with E-state index in [4.69, 9.17) is 0 Å². The number of anilines is 1. The monoisotopic (exact) mass is 255 g/mol. The van der Waals surface area contributed by atoms with Crippen molar-refractivity contribution in [3.05, 3.63) is 53.2 Å². The number of aromatic nitrogens is 2. The molecule has 0 bridgehead atoms. The van der Waals surface area contributed by atoms with Crippen molar-refractivity contribution in [2.45, 2.75) is 13.0 Å². The Morgan fingerprint density at radius 2 is 2.17 bits per heavy atom. The summed E-state index contributed by atoms with van der Waals surface area (Å²) in [6, 6.07) is 8.45. The number of benzene rings is 1. The fourth-order valence-electron chi connectivity index (χ4n) is 1.98. The molecule has 1 aromatic carbocycles. The topological polar surface area (TPSA) is 37.8 Å². The molecule has 3 nitrogen and oxygen atoms in total. The van der Waals surface area contributed by atoms with Gasteiger partial charge in [0, 0.05) is 35.0 Å². The van der Waals surface area contributed by atoms with Gasteiger partial charge in [-0.05, 0) is 24.4 Å². The van der Waals surface area contributed by atoms with Crippen LogP contribution in [0.3, 0.4) is 0 Å². The number of nitrogens with zero attached hydrogens (tertiary/aromatic N) is 2. The van der Waals surface area contributed by atoms with Crippen LogP contribution < -0.4 is 5.32 Å². The lowest BCUT2D eigenvalue weighted by Crippen LogP contribution is -2.06. The molecule has 0 aliphatic heterocycles. The van der Waals surface area contributed by atoms with Crippen LogP contribution in [-0.4, -0.2) is 9.97 Å². The molecule has 3 rings (SSSR count). The standard InChI is InChI=1S/C14H13N3S/c1-10(14-16-7-8-18-14)17-13-4-2-3-11-5-6-15-9-12(11)13/h2-10,17H,1H3. The molecule has 1 atom stereocenters. The zero-order valence-electron chi connectivity index (χ0n) is 10.00. The van der Waals surface area contributed by atoms with Gasteiger partial charge in [0.2, 0.25) is 0 Å². The number of pyridine rings is 1. The number of fused-ring (bicyclic) bond motifs is 1. The van der Waals surface area contributed by atoms with Crippen molar-refractivity contribution in [3.8, 4) is 0 Å². The van der Waals surface area contributed by atoms with Crippen molar-refractivity contribution < 1.29 is 0 Å². The van der Waals surface area contributed by atoms with Crippen LogP contribution in [-0.2, 0) is 0 Å². The van der Waals surface area contributed by atoms with Crippen molar-refractivity contribution in [1.29, 1.82) is 0 Å². The highest BCUT2D eigenvalue weighted by Crippen LogP contribution is 2.26. The number of nitrogens with one attached hydrogen (secondary N) is 1. The number of thiazole rings is 1. The molecule has 2 heterocycles. The quantitative estimate of drug-likeness (QED) is 0.772. The van der Waals surface area contributed by atoms with Gasteiger partial charge in [0.15, 0.2) is 0 Å². The Labute approximate surface area is 110 Å². The largest absolute Gasteiger partial charge is 0.376 e. The number of rotatable bonds is 3. The van der Waals surface area contributed by atoms with Crippen molar-refractivity contribution in [2.75, 3.05) is 5.32 Å². The number of hydrogen-bond donors (Lipinski definition) is 1. The van der Waals surface area contributed by atoms with Gasteiger partial charge in [-0.3, -0.25) is 4.98 Å². The summed E-state index contributed by atoms with van der Waals surface area (Å²) in [5.41, 5.74) is 1.10. The maximum atomic E-state index is 4.33. The van der Waals surface area contributed by atoms with Crippen LogP contribution in [0.4, 0.5) is 5.69 Å². The van der Waals surface area contributed by atoms with Crippen LogP contribution >= 0.6 is 11.3 Å². The van der Waals surface area contributed by atoms with Crippen molar-refractivity contribution in [1.82, 2.24) is 9.97 Å². The van der Waals surface area contributed by atoms with Gasteiger partial charge in [-0.25, -0.2) is 4.98 Å². The predicted octanol–water partition coefficient (Wildman–Crippen LogP) is 3.86. The molecule has 0 saturated carbocycles. The molecule has 4 heteroatoms. The maximum Gasteiger partial charge on any atom is 0.115 e. The van der Waals surface area contributed by atoms with Gasteiger partial charge in [0.25, 0.3) is 0 Å². The lowest BCUT2D eigenvalue weighted by Gasteiger charge is -2.14. The normalized spacial score (nSPS) is 12.5. The molecule has 0 spiro atoms. The molecule has 3 aromatic rings. The third-order valence-corrected chi connectivity index (χ3v) is 3.84. The second-order valence-electron chi connectivity index (χ2n) is 4.14. The molecule has 0 saturated heterocycles. The first-order valence-electron chi connectivity index (χ1n) is 5.83. The van der Waals surface area contributed by atoms with Gasteiger partial charge in [0.05, 0.1) is 6.04 Å². The average Bonchev–Trinajstić information content (AvgIpc) is 2.93. The van der Waals surface area contributed by atoms with E-state index in [1.165, 1.54) is 5.39 Å². The van der Waals surface area contributed by atoms with E-state index in [9.17, 15) is 0 Å². The van der Waals surface area contributed by atoms with E-state index >= 15 is 0 Å². The Kier molecular flexibility index (Phi) is 2.94. The Hall–Kier alpha value is -1.94. The zero-order valence-corrected chi connectivity index (χ0v) is 10.8. The molecule has 0 radical (unpaired) electrons. The second-order valence-corrected chi connectivity index (χ2v) is 5.06. The minimum absolute atomic E-state index is 0.204. The van der Waals surface area contributed by atoms with E-state index in [0.717, 1.165) is 16.1 Å². The summed E-state index contributed by atoms with van der Waals surface area (Å²) in [7, 11) is 0. The third-order valence-electron chi connectivity index (χ3n) is 2.88. The summed E-state index contributed by atoms with van der Waals surface area (Å²) < 4.78 is 0. The molecule has 1 unspecified atom stereocenters. The van der Waals surface area contributed by atoms with E-state index in [0.29, 0.717) is 0 Å². The molecule has 90 valence electrons. The summed E-state index contributed by atoms with van der Waals surface area (Å²) in [5, 5.41) is 8.92. The summed E-state index contributed by atoms with van der Waals surface area (Å²) in [6.45, 7) is 2.12. The summed E-state index contributed by atoms with van der Waals surface area (Å²) in [6.07, 6.45) is 5.55. The molecule has 18 heavy (non-hydrogen) atoms. The molecule has 1 N–H and O–H groups in total. The Morgan fingerprint density at radius 3 is 3.00 bits per heavy atom. The van der Waals surface area contributed by atoms with Crippen molar-refractivity contribution in [3.63, 3.8) is 0 Å². The van der Waals surface area contributed by atoms with Crippen LogP contribution in [0.2, 0.25) is 0 Å². The van der Waals surface area contributed by atoms with Gasteiger partial charge < -0.3 is 5.32 Å². The smallest absolute Gasteiger partial charge is 0.115 e. The minimum Gasteiger partial charge on any atom is -0.376 e. The third kappa shape index (κ3) is 2.07. The molecular weight excluding hydrogens is 242 g/mol. The molecular formula is C14H13N3S. The predicted molar refractivity (Wildman–Crippen MR) is 75.9 cm³/mol. The van der Waals surface area contributed by atoms with Crippen molar-refractivity contribution in [2.24, 2.45) is 0 Å². The van der Waals surface area contributed by atoms with Crippen LogP contribution in [0.1, 0.15) is 18.0 Å². The summed E-state index contributed by atoms with van der Waals surface area (Å²) >= 11 is 1.67. The first-order valence-corrected chi connectivity index (χ1v) is 6.71. The van der Waals surface area contributed by atoms with Crippen LogP contribution in [0.25, 0.3) is 10.8 Å². The van der Waals surface area contributed by atoms with Gasteiger partial charge in [-0.2, -0.15) is 0 Å². The molecule has 0 aliphatic carbocycles. The van der Waals surface area contributed by atoms with Crippen LogP contribution in [0, 0.1) is 0 Å². The highest BCUT2D eigenvalue weighted by Gasteiger charge is 2.09. The van der Waals surface area contributed by atoms with Crippen LogP contribution in [0.15, 0.2) is 48.2 Å². The maximum absolute atomic E-state index is 4.33. The van der Waals surface area contributed by atoms with Crippen molar-refractivity contribution >= 4 is 27.8 Å². The summed E-state index contributed by atoms with van der Waals surface area (Å²) in [5.74, 6) is 0. The Balaban J connectivity index is 1.95. The van der Waals surface area contributed by atoms with E-state index in [1.54, 1.807) is 11.3 Å². The van der Waals surface area contributed by atoms with E-state index in [-0.39, 0.29) is 6.04 Å². The fraction of sp³-hybridized carbons (Fsp3) is 0.143. The van der Waals surface area contributed by atoms with E-state index in [1.807, 2.05) is 30.0 Å². The lowest BCUT2D eigenvalue weighted by molar-refractivity contribution is 0.871. The molecule has 0 aliphatic rings. The molecule has 0 amide bonds. The molecule has 0 fully saturated rings. The fourth-order valence-corrected chi connectivity index (χ4v) is 2.63. The minimum atomic E-state index is 0.204. The Morgan fingerprint density at radius 1 is 1.22 bits per heavy atom. The van der Waals surface area contributed by atoms with Gasteiger partial charge in [-0.15, -0.1) is 11.3 Å². The van der Waals surface area contributed by atoms with E-state index in [2.05, 4.69) is 40.4 Å².